The number of nitrogens with zero attached hydrogens (tertiary/aromatic N) is 4. The van der Waals surface area contributed by atoms with E-state index in [9.17, 15) is 22.8 Å². The molecule has 7 nitrogen and oxygen atoms in total. The third-order valence-electron chi connectivity index (χ3n) is 3.29. The van der Waals surface area contributed by atoms with E-state index in [1.165, 1.54) is 6.33 Å². The summed E-state index contributed by atoms with van der Waals surface area (Å²) in [4.78, 5) is 23.8. The fourth-order valence-corrected chi connectivity index (χ4v) is 2.33. The summed E-state index contributed by atoms with van der Waals surface area (Å²) in [6.45, 7) is 2.08. The minimum absolute atomic E-state index is 0.0419. The average molecular weight is 378 g/mol. The van der Waals surface area contributed by atoms with Crippen molar-refractivity contribution >= 4 is 17.5 Å². The number of hydrogen-bond donors (Lipinski definition) is 1. The summed E-state index contributed by atoms with van der Waals surface area (Å²) in [5, 5.41) is 9.47. The van der Waals surface area contributed by atoms with Gasteiger partial charge < -0.3 is 14.5 Å². The SMILES string of the molecule is CCCn1cnnc1CNC(=O)Cn1cc(C(F)(F)F)cc(Cl)c1=O. The van der Waals surface area contributed by atoms with Crippen LogP contribution < -0.4 is 10.9 Å². The van der Waals surface area contributed by atoms with Gasteiger partial charge in [-0.05, 0) is 12.5 Å². The Morgan fingerprint density at radius 3 is 2.72 bits per heavy atom. The highest BCUT2D eigenvalue weighted by Crippen LogP contribution is 2.29. The van der Waals surface area contributed by atoms with Gasteiger partial charge in [0.2, 0.25) is 5.91 Å². The number of hydrogen-bond acceptors (Lipinski definition) is 4. The lowest BCUT2D eigenvalue weighted by molar-refractivity contribution is -0.138. The standard InChI is InChI=1S/C14H15ClF3N5O2/c1-2-3-22-8-20-21-11(22)5-19-12(24)7-23-6-9(14(16,17)18)4-10(15)13(23)25/h4,6,8H,2-3,5,7H2,1H3,(H,19,24). The topological polar surface area (TPSA) is 81.8 Å². The molecule has 136 valence electrons. The van der Waals surface area contributed by atoms with Crippen molar-refractivity contribution < 1.29 is 18.0 Å². The third-order valence-corrected chi connectivity index (χ3v) is 3.56. The van der Waals surface area contributed by atoms with Gasteiger partial charge in [0.25, 0.3) is 5.56 Å². The van der Waals surface area contributed by atoms with Gasteiger partial charge in [0.15, 0.2) is 5.82 Å². The van der Waals surface area contributed by atoms with E-state index in [1.54, 1.807) is 4.57 Å². The molecule has 0 bridgehead atoms. The number of aryl methyl sites for hydroxylation is 1. The van der Waals surface area contributed by atoms with Crippen molar-refractivity contribution in [1.82, 2.24) is 24.6 Å². The number of carbonyl (C=O) groups is 1. The maximum absolute atomic E-state index is 12.8. The second kappa shape index (κ2) is 7.68. The van der Waals surface area contributed by atoms with Crippen molar-refractivity contribution in [2.45, 2.75) is 39.2 Å². The van der Waals surface area contributed by atoms with E-state index in [0.717, 1.165) is 6.42 Å². The number of amides is 1. The monoisotopic (exact) mass is 377 g/mol. The first-order valence-electron chi connectivity index (χ1n) is 7.33. The highest BCUT2D eigenvalue weighted by Gasteiger charge is 2.32. The average Bonchev–Trinajstić information content (AvgIpc) is 2.96. The highest BCUT2D eigenvalue weighted by atomic mass is 35.5. The first-order valence-corrected chi connectivity index (χ1v) is 7.70. The second-order valence-corrected chi connectivity index (χ2v) is 5.63. The number of carbonyl (C=O) groups excluding carboxylic acids is 1. The summed E-state index contributed by atoms with van der Waals surface area (Å²) >= 11 is 5.54. The lowest BCUT2D eigenvalue weighted by atomic mass is 10.2. The van der Waals surface area contributed by atoms with Gasteiger partial charge in [-0.15, -0.1) is 10.2 Å². The maximum atomic E-state index is 12.8. The van der Waals surface area contributed by atoms with Crippen molar-refractivity contribution in [2.75, 3.05) is 0 Å². The van der Waals surface area contributed by atoms with Crippen LogP contribution in [0, 0.1) is 0 Å². The Balaban J connectivity index is 2.09. The molecule has 2 aromatic heterocycles. The molecule has 0 atom stereocenters. The van der Waals surface area contributed by atoms with Crippen LogP contribution in [-0.4, -0.2) is 25.2 Å². The van der Waals surface area contributed by atoms with Gasteiger partial charge in [-0.25, -0.2) is 0 Å². The van der Waals surface area contributed by atoms with Crippen LogP contribution in [0.5, 0.6) is 0 Å². The largest absolute Gasteiger partial charge is 0.417 e. The molecule has 0 fully saturated rings. The molecule has 0 aliphatic carbocycles. The lowest BCUT2D eigenvalue weighted by Crippen LogP contribution is -2.33. The fourth-order valence-electron chi connectivity index (χ4n) is 2.10. The molecule has 1 N–H and O–H groups in total. The predicted octanol–water partition coefficient (Wildman–Crippen LogP) is 1.84. The van der Waals surface area contributed by atoms with Crippen LogP contribution in [0.3, 0.4) is 0 Å². The second-order valence-electron chi connectivity index (χ2n) is 5.22. The minimum Gasteiger partial charge on any atom is -0.347 e. The summed E-state index contributed by atoms with van der Waals surface area (Å²) < 4.78 is 40.7. The zero-order valence-corrected chi connectivity index (χ0v) is 13.9. The zero-order valence-electron chi connectivity index (χ0n) is 13.2. The van der Waals surface area contributed by atoms with Crippen LogP contribution >= 0.6 is 11.6 Å². The van der Waals surface area contributed by atoms with Gasteiger partial charge in [-0.1, -0.05) is 18.5 Å². The molecule has 0 unspecified atom stereocenters. The summed E-state index contributed by atoms with van der Waals surface area (Å²) in [7, 11) is 0. The van der Waals surface area contributed by atoms with Crippen LogP contribution in [0.25, 0.3) is 0 Å². The van der Waals surface area contributed by atoms with E-state index in [1.807, 2.05) is 6.92 Å². The van der Waals surface area contributed by atoms with E-state index in [0.29, 0.717) is 29.2 Å². The normalized spacial score (nSPS) is 11.6. The van der Waals surface area contributed by atoms with E-state index >= 15 is 0 Å². The van der Waals surface area contributed by atoms with Crippen LogP contribution in [0.4, 0.5) is 13.2 Å². The van der Waals surface area contributed by atoms with Gasteiger partial charge in [0, 0.05) is 12.7 Å². The summed E-state index contributed by atoms with van der Waals surface area (Å²) in [5.74, 6) is -0.145. The van der Waals surface area contributed by atoms with Gasteiger partial charge in [0.05, 0.1) is 12.1 Å². The van der Waals surface area contributed by atoms with Crippen LogP contribution in [-0.2, 0) is 30.6 Å². The molecule has 0 saturated heterocycles. The Labute approximate surface area is 145 Å². The maximum Gasteiger partial charge on any atom is 0.417 e. The van der Waals surface area contributed by atoms with Crippen molar-refractivity contribution in [3.8, 4) is 0 Å². The summed E-state index contributed by atoms with van der Waals surface area (Å²) in [5.41, 5.74) is -1.98. The number of alkyl halides is 3. The van der Waals surface area contributed by atoms with E-state index in [2.05, 4.69) is 15.5 Å². The molecule has 1 amide bonds. The van der Waals surface area contributed by atoms with Crippen molar-refractivity contribution in [1.29, 1.82) is 0 Å². The number of nitrogens with one attached hydrogen (secondary N) is 1. The molecular weight excluding hydrogens is 363 g/mol. The molecule has 0 radical (unpaired) electrons. The highest BCUT2D eigenvalue weighted by molar-refractivity contribution is 6.30. The quantitative estimate of drug-likeness (QED) is 0.832. The molecule has 0 aliphatic rings. The van der Waals surface area contributed by atoms with Crippen molar-refractivity contribution in [3.63, 3.8) is 0 Å². The van der Waals surface area contributed by atoms with Crippen LogP contribution in [0.1, 0.15) is 24.7 Å². The van der Waals surface area contributed by atoms with E-state index in [-0.39, 0.29) is 6.54 Å². The van der Waals surface area contributed by atoms with Gasteiger partial charge in [-0.3, -0.25) is 9.59 Å². The molecule has 0 aromatic carbocycles. The number of aromatic nitrogens is 4. The molecule has 0 saturated carbocycles. The van der Waals surface area contributed by atoms with Crippen LogP contribution in [0.2, 0.25) is 5.02 Å². The minimum atomic E-state index is -4.67. The summed E-state index contributed by atoms with van der Waals surface area (Å²) in [6, 6.07) is 0.533. The van der Waals surface area contributed by atoms with E-state index in [4.69, 9.17) is 11.6 Å². The Hall–Kier alpha value is -2.36. The first-order chi connectivity index (χ1) is 11.7. The van der Waals surface area contributed by atoms with Crippen LogP contribution in [0.15, 0.2) is 23.4 Å². The third kappa shape index (κ3) is 4.81. The molecule has 25 heavy (non-hydrogen) atoms. The predicted molar refractivity (Wildman–Crippen MR) is 82.9 cm³/mol. The van der Waals surface area contributed by atoms with Gasteiger partial charge in [0.1, 0.15) is 17.9 Å². The van der Waals surface area contributed by atoms with Crippen molar-refractivity contribution in [2.24, 2.45) is 0 Å². The molecule has 2 aromatic rings. The summed E-state index contributed by atoms with van der Waals surface area (Å²) in [6.07, 6.45) is -1.75. The number of pyridine rings is 1. The van der Waals surface area contributed by atoms with Gasteiger partial charge >= 0.3 is 6.18 Å². The Bertz CT molecular complexity index is 816. The Morgan fingerprint density at radius 2 is 2.08 bits per heavy atom. The fraction of sp³-hybridized carbons (Fsp3) is 0.429. The zero-order chi connectivity index (χ0) is 18.6. The Morgan fingerprint density at radius 1 is 1.36 bits per heavy atom. The molecule has 2 heterocycles. The number of rotatable bonds is 6. The van der Waals surface area contributed by atoms with Gasteiger partial charge in [-0.2, -0.15) is 13.2 Å². The molecule has 2 rings (SSSR count). The Kier molecular flexibility index (Phi) is 5.83. The lowest BCUT2D eigenvalue weighted by Gasteiger charge is -2.12. The number of halogens is 4. The molecule has 0 aliphatic heterocycles. The van der Waals surface area contributed by atoms with E-state index < -0.39 is 34.8 Å². The smallest absolute Gasteiger partial charge is 0.347 e. The first kappa shape index (κ1) is 19.0. The molecule has 0 spiro atoms. The molecule has 11 heteroatoms. The molecular formula is C14H15ClF3N5O2. The van der Waals surface area contributed by atoms with Crippen molar-refractivity contribution in [3.05, 3.63) is 45.4 Å².